The summed E-state index contributed by atoms with van der Waals surface area (Å²) < 4.78 is 34.6. The van der Waals surface area contributed by atoms with Crippen molar-refractivity contribution in [1.29, 1.82) is 0 Å². The Morgan fingerprint density at radius 1 is 1.15 bits per heavy atom. The van der Waals surface area contributed by atoms with Crippen LogP contribution in [0.1, 0.15) is 44.9 Å². The van der Waals surface area contributed by atoms with Gasteiger partial charge in [-0.15, -0.1) is 0 Å². The van der Waals surface area contributed by atoms with E-state index >= 15 is 0 Å². The monoisotopic (exact) mass is 706 g/mol. The molecule has 0 saturated heterocycles. The van der Waals surface area contributed by atoms with E-state index in [1.807, 2.05) is 44.4 Å². The predicted molar refractivity (Wildman–Crippen MR) is 151 cm³/mol. The minimum atomic E-state index is -4.24. The molecule has 0 radical (unpaired) electrons. The van der Waals surface area contributed by atoms with Crippen molar-refractivity contribution >= 4 is 33.4 Å². The first-order valence-electron chi connectivity index (χ1n) is 13.2. The first kappa shape index (κ1) is 32.6. The van der Waals surface area contributed by atoms with Crippen molar-refractivity contribution in [3.05, 3.63) is 57.0 Å². The Labute approximate surface area is 251 Å². The number of thioether (sulfide) groups is 1. The third-order valence-electron chi connectivity index (χ3n) is 6.84. The molecule has 2 aromatic rings. The number of carbonyl (C=O) groups excluding carboxylic acids is 1. The van der Waals surface area contributed by atoms with Crippen LogP contribution in [0.2, 0.25) is 0 Å². The number of hydrogen-bond acceptors (Lipinski definition) is 8. The predicted octanol–water partition coefficient (Wildman–Crippen LogP) is 1.10. The molecule has 0 aliphatic heterocycles. The van der Waals surface area contributed by atoms with E-state index < -0.39 is 43.0 Å². The molecule has 1 aliphatic rings. The number of amides is 1. The SMILES string of the molecule is COC1(C(=O)NS(=O)(=O)c2ccc(N[C@H](CCN(C)C)CSc3ccccc3)c([I-][N+](=O)O)c2)CCCCCC1. The van der Waals surface area contributed by atoms with Gasteiger partial charge in [0.1, 0.15) is 0 Å². The summed E-state index contributed by atoms with van der Waals surface area (Å²) in [6, 6.07) is 14.4. The minimum absolute atomic E-state index is 0.00752. The summed E-state index contributed by atoms with van der Waals surface area (Å²) in [4.78, 5) is 27.9. The summed E-state index contributed by atoms with van der Waals surface area (Å²) in [5.74, 6) is 0.0649. The van der Waals surface area contributed by atoms with Crippen molar-refractivity contribution < 1.29 is 47.8 Å². The molecule has 10 nitrogen and oxygen atoms in total. The van der Waals surface area contributed by atoms with Gasteiger partial charge < -0.3 is 0 Å². The first-order chi connectivity index (χ1) is 19.0. The molecule has 0 heterocycles. The van der Waals surface area contributed by atoms with Crippen LogP contribution in [0.3, 0.4) is 0 Å². The number of carbonyl (C=O) groups is 1. The van der Waals surface area contributed by atoms with E-state index in [2.05, 4.69) is 14.9 Å². The maximum atomic E-state index is 13.3. The number of sulfonamides is 1. The number of hydrogen-bond donors (Lipinski definition) is 3. The van der Waals surface area contributed by atoms with E-state index in [0.29, 0.717) is 22.1 Å². The molecule has 3 rings (SSSR count). The van der Waals surface area contributed by atoms with Crippen molar-refractivity contribution in [1.82, 2.24) is 9.62 Å². The zero-order chi connectivity index (χ0) is 29.2. The van der Waals surface area contributed by atoms with Gasteiger partial charge >= 0.3 is 253 Å². The summed E-state index contributed by atoms with van der Waals surface area (Å²) in [6.45, 7) is 0.824. The normalized spacial score (nSPS) is 16.3. The van der Waals surface area contributed by atoms with E-state index in [4.69, 9.17) is 4.74 Å². The Morgan fingerprint density at radius 2 is 1.82 bits per heavy atom. The van der Waals surface area contributed by atoms with Crippen LogP contribution in [0.5, 0.6) is 0 Å². The van der Waals surface area contributed by atoms with Crippen LogP contribution < -0.4 is 31.5 Å². The fraction of sp³-hybridized carbons (Fsp3) is 0.519. The molecule has 0 unspecified atom stereocenters. The molecule has 2 aromatic carbocycles. The van der Waals surface area contributed by atoms with Crippen molar-refractivity contribution in [2.24, 2.45) is 0 Å². The summed E-state index contributed by atoms with van der Waals surface area (Å²) in [5.41, 5.74) is -0.601. The van der Waals surface area contributed by atoms with Crippen LogP contribution >= 0.6 is 11.8 Å². The van der Waals surface area contributed by atoms with E-state index in [0.717, 1.165) is 49.3 Å². The second-order valence-corrected chi connectivity index (χ2v) is 15.3. The van der Waals surface area contributed by atoms with Crippen LogP contribution in [0, 0.1) is 8.48 Å². The fourth-order valence-corrected chi connectivity index (χ4v) is 8.36. The third-order valence-corrected chi connectivity index (χ3v) is 11.2. The van der Waals surface area contributed by atoms with Gasteiger partial charge in [-0.2, -0.15) is 0 Å². The van der Waals surface area contributed by atoms with Crippen molar-refractivity contribution in [3.8, 4) is 0 Å². The molecule has 13 heteroatoms. The maximum absolute atomic E-state index is 13.3. The fourth-order valence-electron chi connectivity index (χ4n) is 4.57. The van der Waals surface area contributed by atoms with Crippen LogP contribution in [0.25, 0.3) is 0 Å². The molecule has 0 bridgehead atoms. The Hall–Kier alpha value is -1.94. The third kappa shape index (κ3) is 9.57. The van der Waals surface area contributed by atoms with Gasteiger partial charge in [-0.05, 0) is 0 Å². The molecule has 1 aliphatic carbocycles. The number of halogens is 1. The van der Waals surface area contributed by atoms with Gasteiger partial charge in [-0.25, -0.2) is 0 Å². The van der Waals surface area contributed by atoms with Gasteiger partial charge in [-0.3, -0.25) is 0 Å². The molecular formula is C27H39IN4O6S2. The Morgan fingerprint density at radius 3 is 2.42 bits per heavy atom. The van der Waals surface area contributed by atoms with Crippen molar-refractivity contribution in [2.75, 3.05) is 38.8 Å². The summed E-state index contributed by atoms with van der Waals surface area (Å²) in [7, 11) is 1.19. The van der Waals surface area contributed by atoms with Gasteiger partial charge in [0.15, 0.2) is 0 Å². The molecule has 1 fully saturated rings. The Balaban J connectivity index is 1.83. The van der Waals surface area contributed by atoms with E-state index in [1.54, 1.807) is 17.8 Å². The van der Waals surface area contributed by atoms with Crippen LogP contribution in [0.4, 0.5) is 5.69 Å². The summed E-state index contributed by atoms with van der Waals surface area (Å²) in [6.07, 6.45) is 5.22. The summed E-state index contributed by atoms with van der Waals surface area (Å²) >= 11 is 0.0734. The van der Waals surface area contributed by atoms with Crippen molar-refractivity contribution in [2.45, 2.75) is 66.4 Å². The Bertz CT molecular complexity index is 1240. The molecule has 0 spiro atoms. The second-order valence-electron chi connectivity index (χ2n) is 10.1. The number of ether oxygens (including phenoxy) is 1. The first-order valence-corrected chi connectivity index (χ1v) is 17.7. The van der Waals surface area contributed by atoms with E-state index in [1.165, 1.54) is 19.2 Å². The molecule has 222 valence electrons. The van der Waals surface area contributed by atoms with Crippen molar-refractivity contribution in [3.63, 3.8) is 0 Å². The second kappa shape index (κ2) is 15.3. The van der Waals surface area contributed by atoms with E-state index in [9.17, 15) is 23.3 Å². The Kier molecular flexibility index (Phi) is 12.5. The quantitative estimate of drug-likeness (QED) is 0.0871. The molecule has 40 heavy (non-hydrogen) atoms. The number of benzene rings is 2. The zero-order valence-corrected chi connectivity index (χ0v) is 26.9. The summed E-state index contributed by atoms with van der Waals surface area (Å²) in [5, 5.41) is 13.0. The molecule has 0 aromatic heterocycles. The molecule has 1 saturated carbocycles. The van der Waals surface area contributed by atoms with Gasteiger partial charge in [0.2, 0.25) is 0 Å². The zero-order valence-electron chi connectivity index (χ0n) is 23.1. The van der Waals surface area contributed by atoms with Gasteiger partial charge in [0, 0.05) is 0 Å². The van der Waals surface area contributed by atoms with E-state index in [-0.39, 0.29) is 14.1 Å². The number of nitrogens with one attached hydrogen (secondary N) is 2. The standard InChI is InChI=1S/C27H39IN4O6S2/c1-31(2)18-15-21(20-39-22-11-7-6-8-12-22)29-25-14-13-23(19-24(25)28-32(34)35)40(36,37)30-26(33)27(38-3)16-9-4-5-10-17-27/h6-8,11-14,19,21,29H,4-5,9-10,15-18,20H2,1-3H3,(H,30,33)(H,34,35)/t21-/m1/s1. The number of nitrogens with zero attached hydrogens (tertiary/aromatic N) is 2. The van der Waals surface area contributed by atoms with Crippen LogP contribution in [-0.4, -0.2) is 72.7 Å². The number of anilines is 1. The van der Waals surface area contributed by atoms with Crippen LogP contribution in [0.15, 0.2) is 58.3 Å². The topological polar surface area (TPSA) is 128 Å². The molecule has 1 atom stereocenters. The average Bonchev–Trinajstić information content (AvgIpc) is 3.17. The number of methoxy groups -OCH3 is 1. The van der Waals surface area contributed by atoms with Gasteiger partial charge in [-0.1, -0.05) is 0 Å². The van der Waals surface area contributed by atoms with Gasteiger partial charge in [0.05, 0.1) is 0 Å². The average molecular weight is 707 g/mol. The number of rotatable bonds is 14. The molecular weight excluding hydrogens is 667 g/mol. The molecule has 1 amide bonds. The van der Waals surface area contributed by atoms with Gasteiger partial charge in [0.25, 0.3) is 0 Å². The van der Waals surface area contributed by atoms with Crippen LogP contribution in [-0.2, 0) is 19.6 Å². The molecule has 3 N–H and O–H groups in total.